The average Bonchev–Trinajstić information content (AvgIpc) is 2.46. The van der Waals surface area contributed by atoms with Crippen molar-refractivity contribution < 1.29 is 14.7 Å². The van der Waals surface area contributed by atoms with Crippen LogP contribution in [0.1, 0.15) is 48.9 Å². The van der Waals surface area contributed by atoms with Gasteiger partial charge in [0.1, 0.15) is 4.60 Å². The van der Waals surface area contributed by atoms with Gasteiger partial charge in [-0.15, -0.1) is 0 Å². The third-order valence-corrected chi connectivity index (χ3v) is 4.69. The fourth-order valence-electron chi connectivity index (χ4n) is 3.07. The normalized spacial score (nSPS) is 17.2. The van der Waals surface area contributed by atoms with Gasteiger partial charge in [0.05, 0.1) is 12.0 Å². The lowest BCUT2D eigenvalue weighted by atomic mass is 9.78. The Balaban J connectivity index is 2.27. The Labute approximate surface area is 132 Å². The van der Waals surface area contributed by atoms with Gasteiger partial charge >= 0.3 is 5.97 Å². The molecule has 114 valence electrons. The Morgan fingerprint density at radius 2 is 2.05 bits per heavy atom. The number of rotatable bonds is 4. The molecule has 1 fully saturated rings. The van der Waals surface area contributed by atoms with Crippen LogP contribution in [0.3, 0.4) is 0 Å². The fraction of sp³-hybridized carbons (Fsp3) is 0.533. The van der Waals surface area contributed by atoms with Gasteiger partial charge in [0.2, 0.25) is 0 Å². The van der Waals surface area contributed by atoms with Crippen LogP contribution in [0.15, 0.2) is 22.9 Å². The molecular weight excluding hydrogens is 336 g/mol. The summed E-state index contributed by atoms with van der Waals surface area (Å²) in [5.74, 6) is -1.01. The lowest BCUT2D eigenvalue weighted by Gasteiger charge is -2.44. The molecule has 21 heavy (non-hydrogen) atoms. The highest BCUT2D eigenvalue weighted by atomic mass is 79.9. The number of hydrogen-bond acceptors (Lipinski definition) is 3. The molecular formula is C15H19BrN2O3. The fourth-order valence-corrected chi connectivity index (χ4v) is 3.43. The third kappa shape index (κ3) is 3.61. The lowest BCUT2D eigenvalue weighted by Crippen LogP contribution is -2.52. The van der Waals surface area contributed by atoms with E-state index >= 15 is 0 Å². The number of halogens is 1. The molecule has 0 aromatic carbocycles. The number of nitrogens with zero attached hydrogens (tertiary/aromatic N) is 2. The van der Waals surface area contributed by atoms with Crippen LogP contribution in [-0.4, -0.2) is 39.5 Å². The van der Waals surface area contributed by atoms with Crippen LogP contribution in [0.4, 0.5) is 0 Å². The van der Waals surface area contributed by atoms with E-state index in [1.807, 2.05) is 0 Å². The molecule has 0 saturated heterocycles. The Morgan fingerprint density at radius 1 is 1.38 bits per heavy atom. The van der Waals surface area contributed by atoms with Gasteiger partial charge in [-0.25, -0.2) is 4.98 Å². The van der Waals surface area contributed by atoms with Crippen molar-refractivity contribution in [3.05, 3.63) is 28.5 Å². The van der Waals surface area contributed by atoms with Crippen molar-refractivity contribution in [2.45, 2.75) is 44.1 Å². The van der Waals surface area contributed by atoms with Crippen molar-refractivity contribution in [3.63, 3.8) is 0 Å². The van der Waals surface area contributed by atoms with Gasteiger partial charge in [0, 0.05) is 18.8 Å². The SMILES string of the molecule is CN(C(=O)c1ccnc(Br)c1)C1(CC(=O)O)CCCCC1. The van der Waals surface area contributed by atoms with Crippen LogP contribution in [0.25, 0.3) is 0 Å². The number of carboxylic acids is 1. The van der Waals surface area contributed by atoms with Crippen LogP contribution in [0.5, 0.6) is 0 Å². The molecule has 1 aromatic heterocycles. The largest absolute Gasteiger partial charge is 0.481 e. The van der Waals surface area contributed by atoms with E-state index in [9.17, 15) is 14.7 Å². The van der Waals surface area contributed by atoms with Crippen LogP contribution in [-0.2, 0) is 4.79 Å². The summed E-state index contributed by atoms with van der Waals surface area (Å²) in [4.78, 5) is 29.5. The number of aromatic nitrogens is 1. The highest BCUT2D eigenvalue weighted by Crippen LogP contribution is 2.36. The number of carbonyl (C=O) groups excluding carboxylic acids is 1. The van der Waals surface area contributed by atoms with E-state index in [-0.39, 0.29) is 12.3 Å². The minimum atomic E-state index is -0.854. The molecule has 5 nitrogen and oxygen atoms in total. The molecule has 1 aromatic rings. The number of carbonyl (C=O) groups is 2. The van der Waals surface area contributed by atoms with E-state index in [2.05, 4.69) is 20.9 Å². The first-order valence-electron chi connectivity index (χ1n) is 7.06. The van der Waals surface area contributed by atoms with Crippen molar-refractivity contribution in [1.82, 2.24) is 9.88 Å². The molecule has 0 aliphatic heterocycles. The molecule has 0 unspecified atom stereocenters. The van der Waals surface area contributed by atoms with Gasteiger partial charge in [-0.3, -0.25) is 9.59 Å². The maximum Gasteiger partial charge on any atom is 0.305 e. The molecule has 6 heteroatoms. The van der Waals surface area contributed by atoms with E-state index in [1.54, 1.807) is 30.3 Å². The second kappa shape index (κ2) is 6.56. The smallest absolute Gasteiger partial charge is 0.305 e. The summed E-state index contributed by atoms with van der Waals surface area (Å²) < 4.78 is 0.595. The second-order valence-electron chi connectivity index (χ2n) is 5.59. The predicted molar refractivity (Wildman–Crippen MR) is 82.1 cm³/mol. The number of amides is 1. The van der Waals surface area contributed by atoms with Crippen LogP contribution >= 0.6 is 15.9 Å². The standard InChI is InChI=1S/C15H19BrN2O3/c1-18(14(21)11-5-8-17-12(16)9-11)15(10-13(19)20)6-3-2-4-7-15/h5,8-9H,2-4,6-7,10H2,1H3,(H,19,20). The van der Waals surface area contributed by atoms with E-state index in [0.29, 0.717) is 10.2 Å². The van der Waals surface area contributed by atoms with Crippen molar-refractivity contribution in [1.29, 1.82) is 0 Å². The van der Waals surface area contributed by atoms with E-state index < -0.39 is 11.5 Å². The minimum Gasteiger partial charge on any atom is -0.481 e. The van der Waals surface area contributed by atoms with Gasteiger partial charge in [-0.2, -0.15) is 0 Å². The Kier molecular flexibility index (Phi) is 4.98. The maximum atomic E-state index is 12.7. The molecule has 1 heterocycles. The lowest BCUT2D eigenvalue weighted by molar-refractivity contribution is -0.140. The molecule has 0 atom stereocenters. The monoisotopic (exact) mass is 354 g/mol. The maximum absolute atomic E-state index is 12.7. The molecule has 0 spiro atoms. The average molecular weight is 355 g/mol. The Bertz CT molecular complexity index is 541. The molecule has 1 aliphatic carbocycles. The molecule has 1 amide bonds. The third-order valence-electron chi connectivity index (χ3n) is 4.25. The first-order valence-corrected chi connectivity index (χ1v) is 7.85. The summed E-state index contributed by atoms with van der Waals surface area (Å²) in [5, 5.41) is 9.22. The highest BCUT2D eigenvalue weighted by Gasteiger charge is 2.40. The number of carboxylic acid groups (broad SMARTS) is 1. The molecule has 2 rings (SSSR count). The van der Waals surface area contributed by atoms with Crippen molar-refractivity contribution in [2.75, 3.05) is 7.05 Å². The van der Waals surface area contributed by atoms with Crippen LogP contribution in [0, 0.1) is 0 Å². The van der Waals surface area contributed by atoms with E-state index in [1.165, 1.54) is 0 Å². The summed E-state index contributed by atoms with van der Waals surface area (Å²) in [5.41, 5.74) is -0.0496. The summed E-state index contributed by atoms with van der Waals surface area (Å²) >= 11 is 3.25. The second-order valence-corrected chi connectivity index (χ2v) is 6.40. The van der Waals surface area contributed by atoms with Crippen molar-refractivity contribution >= 4 is 27.8 Å². The number of hydrogen-bond donors (Lipinski definition) is 1. The van der Waals surface area contributed by atoms with Crippen LogP contribution in [0.2, 0.25) is 0 Å². The summed E-state index contributed by atoms with van der Waals surface area (Å²) in [7, 11) is 1.71. The van der Waals surface area contributed by atoms with Gasteiger partial charge in [0.25, 0.3) is 5.91 Å². The van der Waals surface area contributed by atoms with Crippen LogP contribution < -0.4 is 0 Å². The zero-order valence-corrected chi connectivity index (χ0v) is 13.6. The topological polar surface area (TPSA) is 70.5 Å². The van der Waals surface area contributed by atoms with Gasteiger partial charge in [-0.1, -0.05) is 19.3 Å². The van der Waals surface area contributed by atoms with E-state index in [4.69, 9.17) is 0 Å². The number of pyridine rings is 1. The van der Waals surface area contributed by atoms with Crippen molar-refractivity contribution in [2.24, 2.45) is 0 Å². The summed E-state index contributed by atoms with van der Waals surface area (Å²) in [6, 6.07) is 3.32. The first kappa shape index (κ1) is 15.9. The molecule has 1 N–H and O–H groups in total. The zero-order chi connectivity index (χ0) is 15.5. The molecule has 1 saturated carbocycles. The van der Waals surface area contributed by atoms with Gasteiger partial charge in [-0.05, 0) is 40.9 Å². The molecule has 0 bridgehead atoms. The predicted octanol–water partition coefficient (Wildman–Crippen LogP) is 3.09. The quantitative estimate of drug-likeness (QED) is 0.843. The van der Waals surface area contributed by atoms with Gasteiger partial charge in [0.15, 0.2) is 0 Å². The van der Waals surface area contributed by atoms with E-state index in [0.717, 1.165) is 32.1 Å². The number of aliphatic carboxylic acids is 1. The zero-order valence-electron chi connectivity index (χ0n) is 12.0. The van der Waals surface area contributed by atoms with Crippen molar-refractivity contribution in [3.8, 4) is 0 Å². The minimum absolute atomic E-state index is 0.00148. The summed E-state index contributed by atoms with van der Waals surface area (Å²) in [6.07, 6.45) is 6.08. The highest BCUT2D eigenvalue weighted by molar-refractivity contribution is 9.10. The Morgan fingerprint density at radius 3 is 2.62 bits per heavy atom. The molecule has 1 aliphatic rings. The van der Waals surface area contributed by atoms with Gasteiger partial charge < -0.3 is 10.0 Å². The molecule has 0 radical (unpaired) electrons. The Hall–Kier alpha value is -1.43. The summed E-state index contributed by atoms with van der Waals surface area (Å²) in [6.45, 7) is 0. The first-order chi connectivity index (χ1) is 9.94.